The summed E-state index contributed by atoms with van der Waals surface area (Å²) in [5.41, 5.74) is 6.08. The SMILES string of the molecule is CCOc1cc(C=NNC(=O)c2[nH]c3ccc(Br)cc3c2-c2ccccc2Cl)ccc1OC(=O)c1ccc(OC)cc1. The molecule has 1 amide bonds. The molecule has 5 aromatic rings. The molecule has 8 nitrogen and oxygen atoms in total. The van der Waals surface area contributed by atoms with Gasteiger partial charge in [-0.2, -0.15) is 5.10 Å². The number of fused-ring (bicyclic) bond motifs is 1. The van der Waals surface area contributed by atoms with E-state index in [1.807, 2.05) is 43.3 Å². The molecule has 0 aliphatic carbocycles. The quantitative estimate of drug-likeness (QED) is 0.0742. The van der Waals surface area contributed by atoms with Crippen molar-refractivity contribution in [1.82, 2.24) is 10.4 Å². The molecule has 212 valence electrons. The second-order valence-corrected chi connectivity index (χ2v) is 10.3. The molecular weight excluding hydrogens is 622 g/mol. The fourth-order valence-corrected chi connectivity index (χ4v) is 4.93. The number of carbonyl (C=O) groups excluding carboxylic acids is 2. The van der Waals surface area contributed by atoms with Crippen molar-refractivity contribution in [3.05, 3.63) is 111 Å². The van der Waals surface area contributed by atoms with Crippen molar-refractivity contribution in [2.24, 2.45) is 5.10 Å². The summed E-state index contributed by atoms with van der Waals surface area (Å²) < 4.78 is 17.3. The number of hydrogen-bond acceptors (Lipinski definition) is 6. The fraction of sp³-hybridized carbons (Fsp3) is 0.0938. The molecule has 0 unspecified atom stereocenters. The molecule has 0 radical (unpaired) electrons. The van der Waals surface area contributed by atoms with Gasteiger partial charge < -0.3 is 19.2 Å². The van der Waals surface area contributed by atoms with Gasteiger partial charge in [0, 0.05) is 31.5 Å². The number of carbonyl (C=O) groups is 2. The summed E-state index contributed by atoms with van der Waals surface area (Å²) in [5, 5.41) is 5.52. The van der Waals surface area contributed by atoms with Crippen molar-refractivity contribution in [3.63, 3.8) is 0 Å². The average Bonchev–Trinajstić information content (AvgIpc) is 3.37. The van der Waals surface area contributed by atoms with Crippen LogP contribution in [0.4, 0.5) is 0 Å². The molecular formula is C32H25BrClN3O5. The molecule has 2 N–H and O–H groups in total. The molecule has 1 heterocycles. The maximum atomic E-state index is 13.3. The van der Waals surface area contributed by atoms with Crippen LogP contribution in [0.15, 0.2) is 94.5 Å². The summed E-state index contributed by atoms with van der Waals surface area (Å²) in [6, 6.07) is 24.6. The maximum absolute atomic E-state index is 13.3. The van der Waals surface area contributed by atoms with Crippen LogP contribution in [0.3, 0.4) is 0 Å². The Bertz CT molecular complexity index is 1800. The Morgan fingerprint density at radius 1 is 1.00 bits per heavy atom. The van der Waals surface area contributed by atoms with Gasteiger partial charge in [0.25, 0.3) is 5.91 Å². The van der Waals surface area contributed by atoms with E-state index in [0.717, 1.165) is 20.9 Å². The molecule has 0 saturated carbocycles. The number of aromatic nitrogens is 1. The minimum atomic E-state index is -0.535. The van der Waals surface area contributed by atoms with Crippen LogP contribution >= 0.6 is 27.5 Å². The van der Waals surface area contributed by atoms with E-state index in [1.165, 1.54) is 6.21 Å². The van der Waals surface area contributed by atoms with Crippen molar-refractivity contribution in [2.45, 2.75) is 6.92 Å². The number of aromatic amines is 1. The Kier molecular flexibility index (Phi) is 8.90. The summed E-state index contributed by atoms with van der Waals surface area (Å²) in [5.74, 6) is 0.273. The number of H-pyrrole nitrogens is 1. The molecule has 0 saturated heterocycles. The van der Waals surface area contributed by atoms with Crippen molar-refractivity contribution in [1.29, 1.82) is 0 Å². The minimum absolute atomic E-state index is 0.257. The molecule has 1 aromatic heterocycles. The summed E-state index contributed by atoms with van der Waals surface area (Å²) in [6.45, 7) is 2.18. The number of hydrogen-bond donors (Lipinski definition) is 2. The molecule has 0 bridgehead atoms. The number of benzene rings is 4. The number of amides is 1. The number of ether oxygens (including phenoxy) is 3. The second kappa shape index (κ2) is 12.9. The fourth-order valence-electron chi connectivity index (χ4n) is 4.34. The van der Waals surface area contributed by atoms with E-state index in [2.05, 4.69) is 31.4 Å². The molecule has 0 aliphatic heterocycles. The normalized spacial score (nSPS) is 11.0. The van der Waals surface area contributed by atoms with Gasteiger partial charge in [-0.1, -0.05) is 45.7 Å². The molecule has 42 heavy (non-hydrogen) atoms. The zero-order valence-electron chi connectivity index (χ0n) is 22.6. The molecule has 0 fully saturated rings. The van der Waals surface area contributed by atoms with Crippen molar-refractivity contribution in [3.8, 4) is 28.4 Å². The third kappa shape index (κ3) is 6.32. The van der Waals surface area contributed by atoms with Crippen LogP contribution in [-0.4, -0.2) is 36.8 Å². The van der Waals surface area contributed by atoms with Gasteiger partial charge in [0.15, 0.2) is 11.5 Å². The highest BCUT2D eigenvalue weighted by Crippen LogP contribution is 2.37. The van der Waals surface area contributed by atoms with Gasteiger partial charge in [-0.3, -0.25) is 4.79 Å². The van der Waals surface area contributed by atoms with E-state index >= 15 is 0 Å². The van der Waals surface area contributed by atoms with Gasteiger partial charge in [0.05, 0.1) is 25.5 Å². The van der Waals surface area contributed by atoms with E-state index in [0.29, 0.717) is 45.5 Å². The number of hydrazone groups is 1. The highest BCUT2D eigenvalue weighted by molar-refractivity contribution is 9.10. The van der Waals surface area contributed by atoms with Gasteiger partial charge in [-0.15, -0.1) is 0 Å². The Morgan fingerprint density at radius 3 is 2.52 bits per heavy atom. The Balaban J connectivity index is 1.36. The summed E-state index contributed by atoms with van der Waals surface area (Å²) in [6.07, 6.45) is 1.48. The summed E-state index contributed by atoms with van der Waals surface area (Å²) >= 11 is 10.0. The Morgan fingerprint density at radius 2 is 1.79 bits per heavy atom. The van der Waals surface area contributed by atoms with Crippen LogP contribution in [0.1, 0.15) is 33.3 Å². The van der Waals surface area contributed by atoms with Crippen LogP contribution in [0.5, 0.6) is 17.2 Å². The highest BCUT2D eigenvalue weighted by atomic mass is 79.9. The van der Waals surface area contributed by atoms with E-state index < -0.39 is 11.9 Å². The second-order valence-electron chi connectivity index (χ2n) is 9.00. The number of esters is 1. The minimum Gasteiger partial charge on any atom is -0.497 e. The first kappa shape index (κ1) is 28.9. The Labute approximate surface area is 255 Å². The molecule has 0 spiro atoms. The summed E-state index contributed by atoms with van der Waals surface area (Å²) in [4.78, 5) is 29.2. The number of methoxy groups -OCH3 is 1. The monoisotopic (exact) mass is 645 g/mol. The van der Waals surface area contributed by atoms with E-state index in [9.17, 15) is 9.59 Å². The maximum Gasteiger partial charge on any atom is 0.343 e. The lowest BCUT2D eigenvalue weighted by Gasteiger charge is -2.11. The van der Waals surface area contributed by atoms with E-state index in [1.54, 1.807) is 55.6 Å². The lowest BCUT2D eigenvalue weighted by molar-refractivity contribution is 0.0728. The standard InChI is InChI=1S/C32H25BrClN3O5/c1-3-41-28-16-19(8-15-27(28)42-32(39)20-9-12-22(40-2)13-10-20)18-35-37-31(38)30-29(23-6-4-5-7-25(23)34)24-17-21(33)11-14-26(24)36-30/h4-18,36H,3H2,1-2H3,(H,37,38). The van der Waals surface area contributed by atoms with Crippen molar-refractivity contribution < 1.29 is 23.8 Å². The van der Waals surface area contributed by atoms with Crippen LogP contribution in [-0.2, 0) is 0 Å². The predicted molar refractivity (Wildman–Crippen MR) is 167 cm³/mol. The number of halogens is 2. The van der Waals surface area contributed by atoms with E-state index in [4.69, 9.17) is 25.8 Å². The smallest absolute Gasteiger partial charge is 0.343 e. The number of rotatable bonds is 9. The number of nitrogens with one attached hydrogen (secondary N) is 2. The van der Waals surface area contributed by atoms with Crippen LogP contribution in [0.2, 0.25) is 5.02 Å². The molecule has 0 atom stereocenters. The third-order valence-corrected chi connectivity index (χ3v) is 7.13. The molecule has 10 heteroatoms. The average molecular weight is 647 g/mol. The lowest BCUT2D eigenvalue weighted by Crippen LogP contribution is -2.19. The number of nitrogens with zero attached hydrogens (tertiary/aromatic N) is 1. The van der Waals surface area contributed by atoms with Crippen LogP contribution in [0.25, 0.3) is 22.0 Å². The topological polar surface area (TPSA) is 102 Å². The summed E-state index contributed by atoms with van der Waals surface area (Å²) in [7, 11) is 1.55. The first-order chi connectivity index (χ1) is 20.4. The molecule has 4 aromatic carbocycles. The highest BCUT2D eigenvalue weighted by Gasteiger charge is 2.21. The first-order valence-corrected chi connectivity index (χ1v) is 14.1. The zero-order chi connectivity index (χ0) is 29.6. The van der Waals surface area contributed by atoms with E-state index in [-0.39, 0.29) is 5.75 Å². The van der Waals surface area contributed by atoms with Gasteiger partial charge in [0.2, 0.25) is 0 Å². The molecule has 0 aliphatic rings. The molecule has 5 rings (SSSR count). The predicted octanol–water partition coefficient (Wildman–Crippen LogP) is 7.64. The largest absolute Gasteiger partial charge is 0.497 e. The van der Waals surface area contributed by atoms with Crippen molar-refractivity contribution in [2.75, 3.05) is 13.7 Å². The first-order valence-electron chi connectivity index (χ1n) is 12.9. The van der Waals surface area contributed by atoms with Gasteiger partial charge in [-0.05, 0) is 79.2 Å². The van der Waals surface area contributed by atoms with Gasteiger partial charge >= 0.3 is 5.97 Å². The van der Waals surface area contributed by atoms with Gasteiger partial charge in [0.1, 0.15) is 11.4 Å². The lowest BCUT2D eigenvalue weighted by atomic mass is 10.0. The van der Waals surface area contributed by atoms with Crippen LogP contribution < -0.4 is 19.6 Å². The Hall–Kier alpha value is -4.60. The third-order valence-electron chi connectivity index (χ3n) is 6.31. The zero-order valence-corrected chi connectivity index (χ0v) is 25.0. The van der Waals surface area contributed by atoms with Crippen LogP contribution in [0, 0.1) is 0 Å². The van der Waals surface area contributed by atoms with Gasteiger partial charge in [-0.25, -0.2) is 10.2 Å². The van der Waals surface area contributed by atoms with Crippen molar-refractivity contribution >= 4 is 56.5 Å².